The Morgan fingerprint density at radius 1 is 1.30 bits per heavy atom. The molecular weight excluding hydrogens is 410 g/mol. The lowest BCUT2D eigenvalue weighted by Gasteiger charge is -2.45. The molecule has 2 saturated heterocycles. The summed E-state index contributed by atoms with van der Waals surface area (Å²) in [7, 11) is 1.92. The van der Waals surface area contributed by atoms with Gasteiger partial charge in [0.1, 0.15) is 29.9 Å². The van der Waals surface area contributed by atoms with Crippen molar-refractivity contribution in [2.45, 2.75) is 81.1 Å². The Labute approximate surface area is 182 Å². The van der Waals surface area contributed by atoms with E-state index in [9.17, 15) is 20.1 Å². The molecular formula is C19H37N5O5S. The van der Waals surface area contributed by atoms with Crippen molar-refractivity contribution in [1.82, 2.24) is 15.5 Å². The molecule has 8 N–H and O–H groups in total. The fourth-order valence-corrected chi connectivity index (χ4v) is 5.16. The number of aliphatic hydroxyl groups is 3. The molecule has 2 fully saturated rings. The van der Waals surface area contributed by atoms with Crippen LogP contribution in [0.1, 0.15) is 33.1 Å². The number of carbonyl (C=O) groups is 1. The van der Waals surface area contributed by atoms with Crippen LogP contribution in [0.25, 0.3) is 0 Å². The summed E-state index contributed by atoms with van der Waals surface area (Å²) in [6.07, 6.45) is -0.495. The number of amides is 1. The molecule has 9 atom stereocenters. The topological polar surface area (TPSA) is 164 Å². The van der Waals surface area contributed by atoms with E-state index in [0.717, 1.165) is 25.8 Å². The first-order chi connectivity index (χ1) is 14.1. The molecule has 2 aliphatic heterocycles. The lowest BCUT2D eigenvalue weighted by Crippen LogP contribution is -2.67. The van der Waals surface area contributed by atoms with Crippen LogP contribution in [0.15, 0.2) is 0 Å². The van der Waals surface area contributed by atoms with Crippen molar-refractivity contribution in [1.29, 1.82) is 5.41 Å². The summed E-state index contributed by atoms with van der Waals surface area (Å²) in [6, 6.07) is -1.65. The first-order valence-corrected chi connectivity index (χ1v) is 11.7. The van der Waals surface area contributed by atoms with Crippen LogP contribution in [0.4, 0.5) is 0 Å². The maximum absolute atomic E-state index is 13.1. The van der Waals surface area contributed by atoms with Crippen molar-refractivity contribution in [2.24, 2.45) is 11.7 Å². The van der Waals surface area contributed by atoms with Crippen LogP contribution in [0.5, 0.6) is 0 Å². The van der Waals surface area contributed by atoms with Gasteiger partial charge in [-0.25, -0.2) is 0 Å². The van der Waals surface area contributed by atoms with Crippen LogP contribution < -0.4 is 16.4 Å². The van der Waals surface area contributed by atoms with Crippen molar-refractivity contribution < 1.29 is 24.9 Å². The molecule has 2 rings (SSSR count). The van der Waals surface area contributed by atoms with E-state index in [-0.39, 0.29) is 17.9 Å². The Balaban J connectivity index is 2.21. The molecule has 0 radical (unpaired) electrons. The van der Waals surface area contributed by atoms with Gasteiger partial charge in [-0.3, -0.25) is 15.1 Å². The third-order valence-corrected chi connectivity index (χ3v) is 6.91. The molecule has 0 aliphatic carbocycles. The summed E-state index contributed by atoms with van der Waals surface area (Å²) < 4.78 is 5.87. The van der Waals surface area contributed by atoms with E-state index < -0.39 is 41.9 Å². The Bertz CT molecular complexity index is 598. The van der Waals surface area contributed by atoms with Crippen LogP contribution >= 0.6 is 11.8 Å². The van der Waals surface area contributed by atoms with Crippen molar-refractivity contribution in [3.05, 3.63) is 0 Å². The number of nitrogens with two attached hydrogens (primary N) is 1. The van der Waals surface area contributed by atoms with Crippen LogP contribution in [0, 0.1) is 11.3 Å². The molecule has 174 valence electrons. The first kappa shape index (κ1) is 25.2. The van der Waals surface area contributed by atoms with E-state index in [1.807, 2.05) is 11.9 Å². The number of guanidine groups is 1. The number of hydrogen-bond donors (Lipinski definition) is 7. The molecule has 0 saturated carbocycles. The van der Waals surface area contributed by atoms with Crippen LogP contribution in [-0.2, 0) is 9.53 Å². The number of likely N-dealkylation sites (N-methyl/N-ethyl adjacent to an activating group) is 1. The molecule has 1 amide bonds. The zero-order valence-electron chi connectivity index (χ0n) is 18.1. The standard InChI is InChI=1S/C19H37N5O5S/c1-5-6-10-7-11(24(3)8-10)17(28)23-12(9(2)22-19(20)21)16-14(26)13(25)15(27)18(29-16)30-4/h9-16,18,25-27H,5-8H2,1-4H3,(H,23,28)(H4,20,21,22)/t9?,10-,11+,12-,13?,14?,15-,16-,18?/m1/s1. The molecule has 10 nitrogen and oxygen atoms in total. The third-order valence-electron chi connectivity index (χ3n) is 6.06. The predicted molar refractivity (Wildman–Crippen MR) is 116 cm³/mol. The number of nitrogens with one attached hydrogen (secondary N) is 3. The van der Waals surface area contributed by atoms with E-state index >= 15 is 0 Å². The highest BCUT2D eigenvalue weighted by Crippen LogP contribution is 2.30. The average molecular weight is 448 g/mol. The first-order valence-electron chi connectivity index (χ1n) is 10.4. The molecule has 0 bridgehead atoms. The van der Waals surface area contributed by atoms with Crippen molar-refractivity contribution in [3.63, 3.8) is 0 Å². The van der Waals surface area contributed by atoms with E-state index in [0.29, 0.717) is 5.92 Å². The highest BCUT2D eigenvalue weighted by molar-refractivity contribution is 7.99. The van der Waals surface area contributed by atoms with Crippen molar-refractivity contribution in [2.75, 3.05) is 19.8 Å². The van der Waals surface area contributed by atoms with Gasteiger partial charge in [0.25, 0.3) is 0 Å². The molecule has 0 spiro atoms. The number of ether oxygens (including phenoxy) is 1. The van der Waals surface area contributed by atoms with Crippen molar-refractivity contribution in [3.8, 4) is 0 Å². The zero-order chi connectivity index (χ0) is 22.6. The summed E-state index contributed by atoms with van der Waals surface area (Å²) in [5, 5.41) is 44.3. The van der Waals surface area contributed by atoms with E-state index in [2.05, 4.69) is 17.6 Å². The maximum atomic E-state index is 13.1. The van der Waals surface area contributed by atoms with Gasteiger partial charge in [-0.2, -0.15) is 0 Å². The number of carbonyl (C=O) groups excluding carboxylic acids is 1. The van der Waals surface area contributed by atoms with Gasteiger partial charge >= 0.3 is 0 Å². The van der Waals surface area contributed by atoms with Gasteiger partial charge in [0.2, 0.25) is 5.91 Å². The van der Waals surface area contributed by atoms with Gasteiger partial charge in [-0.1, -0.05) is 13.3 Å². The normalized spacial score (nSPS) is 36.8. The van der Waals surface area contributed by atoms with Gasteiger partial charge in [-0.05, 0) is 39.0 Å². The van der Waals surface area contributed by atoms with Gasteiger partial charge < -0.3 is 36.4 Å². The monoisotopic (exact) mass is 447 g/mol. The number of thioether (sulfide) groups is 1. The SMILES string of the molecule is CCC[C@@H]1C[C@@H](C(=O)N[C@H](C(C)NC(=N)N)[C@H]2OC(SC)[C@H](O)C(O)C2O)N(C)C1. The smallest absolute Gasteiger partial charge is 0.237 e. The quantitative estimate of drug-likeness (QED) is 0.176. The molecule has 0 aromatic rings. The number of aliphatic hydroxyl groups excluding tert-OH is 3. The molecule has 11 heteroatoms. The van der Waals surface area contributed by atoms with Crippen LogP contribution in [0.2, 0.25) is 0 Å². The number of hydrogen-bond acceptors (Lipinski definition) is 8. The minimum Gasteiger partial charge on any atom is -0.388 e. The molecule has 0 aromatic carbocycles. The van der Waals surface area contributed by atoms with Crippen LogP contribution in [0.3, 0.4) is 0 Å². The summed E-state index contributed by atoms with van der Waals surface area (Å²) in [4.78, 5) is 15.2. The summed E-state index contributed by atoms with van der Waals surface area (Å²) in [5.74, 6) is -0.0261. The Kier molecular flexibility index (Phi) is 9.19. The van der Waals surface area contributed by atoms with Gasteiger partial charge in [0, 0.05) is 12.6 Å². The van der Waals surface area contributed by atoms with E-state index in [4.69, 9.17) is 15.9 Å². The van der Waals surface area contributed by atoms with Crippen molar-refractivity contribution >= 4 is 23.6 Å². The summed E-state index contributed by atoms with van der Waals surface area (Å²) >= 11 is 1.21. The largest absolute Gasteiger partial charge is 0.388 e. The van der Waals surface area contributed by atoms with Gasteiger partial charge in [0.05, 0.1) is 12.1 Å². The zero-order valence-corrected chi connectivity index (χ0v) is 18.9. The van der Waals surface area contributed by atoms with Crippen LogP contribution in [-0.4, -0.2) is 99.9 Å². The Morgan fingerprint density at radius 2 is 1.97 bits per heavy atom. The fourth-order valence-electron chi connectivity index (χ4n) is 4.48. The lowest BCUT2D eigenvalue weighted by atomic mass is 9.90. The molecule has 2 aliphatic rings. The summed E-state index contributed by atoms with van der Waals surface area (Å²) in [6.45, 7) is 4.69. The maximum Gasteiger partial charge on any atom is 0.237 e. The van der Waals surface area contributed by atoms with Gasteiger partial charge in [-0.15, -0.1) is 11.8 Å². The number of rotatable bonds is 8. The molecule has 30 heavy (non-hydrogen) atoms. The second kappa shape index (κ2) is 11.0. The fraction of sp³-hybridized carbons (Fsp3) is 0.895. The minimum absolute atomic E-state index is 0.199. The highest BCUT2D eigenvalue weighted by atomic mass is 32.2. The number of likely N-dealkylation sites (tertiary alicyclic amines) is 1. The highest BCUT2D eigenvalue weighted by Gasteiger charge is 2.48. The predicted octanol–water partition coefficient (Wildman–Crippen LogP) is -1.37. The van der Waals surface area contributed by atoms with E-state index in [1.54, 1.807) is 13.2 Å². The second-order valence-corrected chi connectivity index (χ2v) is 9.34. The molecule has 2 heterocycles. The van der Waals surface area contributed by atoms with Gasteiger partial charge in [0.15, 0.2) is 5.96 Å². The lowest BCUT2D eigenvalue weighted by molar-refractivity contribution is -0.206. The van der Waals surface area contributed by atoms with E-state index in [1.165, 1.54) is 11.8 Å². The Morgan fingerprint density at radius 3 is 2.53 bits per heavy atom. The molecule has 0 aromatic heterocycles. The number of nitrogens with zero attached hydrogens (tertiary/aromatic N) is 1. The summed E-state index contributed by atoms with van der Waals surface area (Å²) in [5.41, 5.74) is 4.72. The third kappa shape index (κ3) is 5.77. The minimum atomic E-state index is -1.42. The average Bonchev–Trinajstić information content (AvgIpc) is 3.05. The molecule has 4 unspecified atom stereocenters. The second-order valence-electron chi connectivity index (χ2n) is 8.40. The Hall–Kier alpha value is -1.11.